The fourth-order valence-corrected chi connectivity index (χ4v) is 1.25. The van der Waals surface area contributed by atoms with Crippen LogP contribution in [0.3, 0.4) is 0 Å². The number of likely N-dealkylation sites (N-methyl/N-ethyl adjacent to an activating group) is 1. The minimum atomic E-state index is -0.178. The lowest BCUT2D eigenvalue weighted by Gasteiger charge is -2.13. The number of aryl methyl sites for hydroxylation is 1. The van der Waals surface area contributed by atoms with Gasteiger partial charge in [-0.05, 0) is 20.8 Å². The molecule has 1 aromatic rings. The van der Waals surface area contributed by atoms with Gasteiger partial charge in [-0.25, -0.2) is 4.98 Å². The van der Waals surface area contributed by atoms with Crippen molar-refractivity contribution >= 4 is 5.91 Å². The zero-order valence-electron chi connectivity index (χ0n) is 8.24. The molecule has 4 nitrogen and oxygen atoms in total. The normalized spacial score (nSPS) is 12.5. The monoisotopic (exact) mass is 181 g/mol. The Labute approximate surface area is 78.0 Å². The van der Waals surface area contributed by atoms with Crippen LogP contribution < -0.4 is 5.32 Å². The number of hydrogen-bond acceptors (Lipinski definition) is 2. The molecular weight excluding hydrogens is 166 g/mol. The van der Waals surface area contributed by atoms with Crippen LogP contribution in [0.2, 0.25) is 0 Å². The molecule has 0 aliphatic carbocycles. The molecule has 0 aromatic carbocycles. The van der Waals surface area contributed by atoms with Gasteiger partial charge >= 0.3 is 0 Å². The molecule has 0 saturated carbocycles. The largest absolute Gasteiger partial charge is 0.355 e. The van der Waals surface area contributed by atoms with E-state index in [2.05, 4.69) is 10.3 Å². The van der Waals surface area contributed by atoms with Crippen LogP contribution in [0.4, 0.5) is 0 Å². The molecule has 0 aliphatic heterocycles. The second-order valence-electron chi connectivity index (χ2n) is 2.95. The van der Waals surface area contributed by atoms with Crippen molar-refractivity contribution in [2.75, 3.05) is 6.54 Å². The number of carbonyl (C=O) groups is 1. The van der Waals surface area contributed by atoms with Gasteiger partial charge < -0.3 is 9.88 Å². The Hall–Kier alpha value is -1.32. The van der Waals surface area contributed by atoms with Crippen LogP contribution in [0.15, 0.2) is 12.4 Å². The number of hydrogen-bond donors (Lipinski definition) is 1. The van der Waals surface area contributed by atoms with Crippen molar-refractivity contribution in [2.24, 2.45) is 0 Å². The fraction of sp³-hybridized carbons (Fsp3) is 0.556. The van der Waals surface area contributed by atoms with E-state index < -0.39 is 0 Å². The minimum absolute atomic E-state index is 0.0311. The van der Waals surface area contributed by atoms with E-state index in [1.54, 1.807) is 6.20 Å². The molecule has 1 heterocycles. The zero-order chi connectivity index (χ0) is 9.84. The van der Waals surface area contributed by atoms with E-state index >= 15 is 0 Å². The fourth-order valence-electron chi connectivity index (χ4n) is 1.25. The second kappa shape index (κ2) is 4.07. The van der Waals surface area contributed by atoms with Crippen molar-refractivity contribution in [2.45, 2.75) is 26.8 Å². The number of aromatic nitrogens is 2. The maximum atomic E-state index is 11.4. The van der Waals surface area contributed by atoms with E-state index in [1.165, 1.54) is 0 Å². The van der Waals surface area contributed by atoms with Gasteiger partial charge in [0.2, 0.25) is 5.91 Å². The number of rotatable bonds is 3. The summed E-state index contributed by atoms with van der Waals surface area (Å²) < 4.78 is 1.85. The predicted molar refractivity (Wildman–Crippen MR) is 50.4 cm³/mol. The summed E-state index contributed by atoms with van der Waals surface area (Å²) in [6.45, 7) is 6.32. The summed E-state index contributed by atoms with van der Waals surface area (Å²) in [5.41, 5.74) is 0. The Bertz CT molecular complexity index is 293. The molecule has 1 N–H and O–H groups in total. The maximum absolute atomic E-state index is 11.4. The van der Waals surface area contributed by atoms with E-state index in [0.29, 0.717) is 6.54 Å². The molecule has 1 rings (SSSR count). The molecular formula is C9H15N3O. The van der Waals surface area contributed by atoms with Crippen LogP contribution >= 0.6 is 0 Å². The van der Waals surface area contributed by atoms with Gasteiger partial charge in [0, 0.05) is 18.9 Å². The van der Waals surface area contributed by atoms with Crippen molar-refractivity contribution in [3.63, 3.8) is 0 Å². The SMILES string of the molecule is CCNC(=O)C(C)n1ccnc1C. The highest BCUT2D eigenvalue weighted by Gasteiger charge is 2.14. The topological polar surface area (TPSA) is 46.9 Å². The molecule has 13 heavy (non-hydrogen) atoms. The Morgan fingerprint density at radius 1 is 1.77 bits per heavy atom. The number of nitrogens with one attached hydrogen (secondary N) is 1. The molecule has 4 heteroatoms. The summed E-state index contributed by atoms with van der Waals surface area (Å²) in [5.74, 6) is 0.891. The van der Waals surface area contributed by atoms with Crippen LogP contribution in [0, 0.1) is 6.92 Å². The molecule has 0 radical (unpaired) electrons. The predicted octanol–water partition coefficient (Wildman–Crippen LogP) is 0.889. The van der Waals surface area contributed by atoms with Gasteiger partial charge in [-0.2, -0.15) is 0 Å². The summed E-state index contributed by atoms with van der Waals surface area (Å²) in [4.78, 5) is 15.5. The van der Waals surface area contributed by atoms with Crippen molar-refractivity contribution in [3.05, 3.63) is 18.2 Å². The minimum Gasteiger partial charge on any atom is -0.355 e. The highest BCUT2D eigenvalue weighted by molar-refractivity contribution is 5.79. The van der Waals surface area contributed by atoms with Gasteiger partial charge in [0.05, 0.1) is 0 Å². The van der Waals surface area contributed by atoms with Gasteiger partial charge in [-0.15, -0.1) is 0 Å². The van der Waals surface area contributed by atoms with Crippen molar-refractivity contribution in [1.29, 1.82) is 0 Å². The van der Waals surface area contributed by atoms with Gasteiger partial charge in [-0.1, -0.05) is 0 Å². The molecule has 0 spiro atoms. The maximum Gasteiger partial charge on any atom is 0.242 e. The second-order valence-corrected chi connectivity index (χ2v) is 2.95. The molecule has 0 aliphatic rings. The third-order valence-electron chi connectivity index (χ3n) is 2.01. The first kappa shape index (κ1) is 9.77. The van der Waals surface area contributed by atoms with Crippen LogP contribution in [0.5, 0.6) is 0 Å². The van der Waals surface area contributed by atoms with E-state index in [0.717, 1.165) is 5.82 Å². The summed E-state index contributed by atoms with van der Waals surface area (Å²) in [7, 11) is 0. The van der Waals surface area contributed by atoms with Gasteiger partial charge in [-0.3, -0.25) is 4.79 Å². The number of amides is 1. The first-order chi connectivity index (χ1) is 6.16. The van der Waals surface area contributed by atoms with E-state index in [1.807, 2.05) is 31.5 Å². The number of imidazole rings is 1. The standard InChI is InChI=1S/C9H15N3O/c1-4-10-9(13)7(2)12-6-5-11-8(12)3/h5-7H,4H2,1-3H3,(H,10,13). The van der Waals surface area contributed by atoms with Crippen LogP contribution in [-0.4, -0.2) is 22.0 Å². The van der Waals surface area contributed by atoms with Crippen LogP contribution in [-0.2, 0) is 4.79 Å². The Kier molecular flexibility index (Phi) is 3.06. The average molecular weight is 181 g/mol. The average Bonchev–Trinajstić information content (AvgIpc) is 2.50. The van der Waals surface area contributed by atoms with Crippen LogP contribution in [0.1, 0.15) is 25.7 Å². The Morgan fingerprint density at radius 2 is 2.46 bits per heavy atom. The highest BCUT2D eigenvalue weighted by Crippen LogP contribution is 2.07. The first-order valence-corrected chi connectivity index (χ1v) is 4.44. The van der Waals surface area contributed by atoms with Crippen LogP contribution in [0.25, 0.3) is 0 Å². The molecule has 0 fully saturated rings. The summed E-state index contributed by atoms with van der Waals surface area (Å²) in [6.07, 6.45) is 3.51. The van der Waals surface area contributed by atoms with E-state index in [4.69, 9.17) is 0 Å². The number of nitrogens with zero attached hydrogens (tertiary/aromatic N) is 2. The molecule has 1 unspecified atom stereocenters. The van der Waals surface area contributed by atoms with Gasteiger partial charge in [0.15, 0.2) is 0 Å². The highest BCUT2D eigenvalue weighted by atomic mass is 16.2. The lowest BCUT2D eigenvalue weighted by atomic mass is 10.3. The molecule has 1 aromatic heterocycles. The van der Waals surface area contributed by atoms with E-state index in [9.17, 15) is 4.79 Å². The molecule has 0 saturated heterocycles. The summed E-state index contributed by atoms with van der Waals surface area (Å²) >= 11 is 0. The molecule has 1 amide bonds. The lowest BCUT2D eigenvalue weighted by Crippen LogP contribution is -2.30. The third kappa shape index (κ3) is 2.08. The van der Waals surface area contributed by atoms with E-state index in [-0.39, 0.29) is 11.9 Å². The summed E-state index contributed by atoms with van der Waals surface area (Å²) in [6, 6.07) is -0.178. The third-order valence-corrected chi connectivity index (χ3v) is 2.01. The molecule has 0 bridgehead atoms. The van der Waals surface area contributed by atoms with Gasteiger partial charge in [0.25, 0.3) is 0 Å². The quantitative estimate of drug-likeness (QED) is 0.752. The zero-order valence-corrected chi connectivity index (χ0v) is 8.24. The van der Waals surface area contributed by atoms with Crippen molar-refractivity contribution in [1.82, 2.24) is 14.9 Å². The first-order valence-electron chi connectivity index (χ1n) is 4.44. The lowest BCUT2D eigenvalue weighted by molar-refractivity contribution is -0.123. The van der Waals surface area contributed by atoms with Crippen molar-refractivity contribution < 1.29 is 4.79 Å². The Morgan fingerprint density at radius 3 is 2.92 bits per heavy atom. The summed E-state index contributed by atoms with van der Waals surface area (Å²) in [5, 5.41) is 2.77. The number of carbonyl (C=O) groups excluding carboxylic acids is 1. The van der Waals surface area contributed by atoms with Crippen molar-refractivity contribution in [3.8, 4) is 0 Å². The smallest absolute Gasteiger partial charge is 0.242 e. The molecule has 72 valence electrons. The van der Waals surface area contributed by atoms with Gasteiger partial charge in [0.1, 0.15) is 11.9 Å². The molecule has 1 atom stereocenters. The Balaban J connectivity index is 2.73.